The summed E-state index contributed by atoms with van der Waals surface area (Å²) in [7, 11) is 0. The Balaban J connectivity index is 0.00000242. The van der Waals surface area contributed by atoms with Gasteiger partial charge >= 0.3 is 25.2 Å². The zero-order valence-corrected chi connectivity index (χ0v) is 11.6. The molecule has 0 aliphatic rings. The van der Waals surface area contributed by atoms with Gasteiger partial charge in [0, 0.05) is 24.3 Å². The summed E-state index contributed by atoms with van der Waals surface area (Å²) in [6, 6.07) is 8.43. The van der Waals surface area contributed by atoms with Crippen molar-refractivity contribution >= 4 is 5.97 Å². The van der Waals surface area contributed by atoms with E-state index in [0.717, 1.165) is 0 Å². The predicted octanol–water partition coefficient (Wildman–Crippen LogP) is -1.06. The van der Waals surface area contributed by atoms with Gasteiger partial charge in [-0.1, -0.05) is 12.1 Å². The number of ether oxygens (including phenoxy) is 1. The molecule has 0 atom stereocenters. The number of halogens is 3. The van der Waals surface area contributed by atoms with E-state index in [1.807, 2.05) is 0 Å². The fourth-order valence-corrected chi connectivity index (χ4v) is 1.78. The average Bonchev–Trinajstić information content (AvgIpc) is 2.36. The molecule has 0 unspecified atom stereocenters. The predicted molar refractivity (Wildman–Crippen MR) is 65.1 cm³/mol. The van der Waals surface area contributed by atoms with E-state index >= 15 is 0 Å². The van der Waals surface area contributed by atoms with Crippen LogP contribution in [0, 0.1) is 0 Å². The molecule has 0 amide bonds. The molecule has 1 aromatic heterocycles. The van der Waals surface area contributed by atoms with Gasteiger partial charge in [-0.2, -0.15) is 0 Å². The number of benzene rings is 1. The second kappa shape index (κ2) is 7.34. The first-order chi connectivity index (χ1) is 9.83. The summed E-state index contributed by atoms with van der Waals surface area (Å²) >= 11 is 0. The Labute approximate surface area is 136 Å². The van der Waals surface area contributed by atoms with Crippen LogP contribution in [-0.2, 0) is 11.2 Å². The van der Waals surface area contributed by atoms with E-state index in [1.165, 1.54) is 30.5 Å². The molecule has 0 radical (unpaired) electrons. The largest absolute Gasteiger partial charge is 1.00 e. The number of hydrogen-bond acceptors (Lipinski definition) is 4. The van der Waals surface area contributed by atoms with Crippen molar-refractivity contribution in [2.75, 3.05) is 0 Å². The van der Waals surface area contributed by atoms with Gasteiger partial charge in [0.1, 0.15) is 5.75 Å². The fourth-order valence-electron chi connectivity index (χ4n) is 1.78. The van der Waals surface area contributed by atoms with Gasteiger partial charge in [-0.3, -0.25) is 4.98 Å². The third-order valence-electron chi connectivity index (χ3n) is 2.54. The van der Waals surface area contributed by atoms with E-state index in [2.05, 4.69) is 9.72 Å². The Morgan fingerprint density at radius 1 is 1.18 bits per heavy atom. The fraction of sp³-hybridized carbons (Fsp3) is 0.143. The zero-order valence-electron chi connectivity index (χ0n) is 11.6. The standard InChI is InChI=1S/C14H10F3NO3.Li/c15-14(16,17)21-12-3-1-2-9(7-12)10-4-5-18-11(6-10)8-13(19)20;/h1-7H,8H2,(H,19,20);/q;+1/p-1. The number of aromatic nitrogens is 1. The monoisotopic (exact) mass is 303 g/mol. The van der Waals surface area contributed by atoms with Crippen molar-refractivity contribution in [1.29, 1.82) is 0 Å². The number of carbonyl (C=O) groups excluding carboxylic acids is 1. The first-order valence-electron chi connectivity index (χ1n) is 5.84. The van der Waals surface area contributed by atoms with E-state index in [4.69, 9.17) is 0 Å². The van der Waals surface area contributed by atoms with Crippen LogP contribution in [0.1, 0.15) is 5.69 Å². The Hall–Kier alpha value is -1.97. The molecule has 0 saturated heterocycles. The second-order valence-corrected chi connectivity index (χ2v) is 4.16. The van der Waals surface area contributed by atoms with Crippen molar-refractivity contribution in [1.82, 2.24) is 4.98 Å². The Kier molecular flexibility index (Phi) is 6.03. The van der Waals surface area contributed by atoms with Gasteiger partial charge < -0.3 is 14.6 Å². The summed E-state index contributed by atoms with van der Waals surface area (Å²) in [5, 5.41) is 10.5. The number of pyridine rings is 1. The normalized spacial score (nSPS) is 10.7. The SMILES string of the molecule is O=C([O-])Cc1cc(-c2cccc(OC(F)(F)F)c2)ccn1.[Li+]. The third kappa shape index (κ3) is 5.43. The Bertz CT molecular complexity index is 662. The van der Waals surface area contributed by atoms with Gasteiger partial charge in [-0.15, -0.1) is 13.2 Å². The van der Waals surface area contributed by atoms with Crippen molar-refractivity contribution in [3.05, 3.63) is 48.3 Å². The summed E-state index contributed by atoms with van der Waals surface area (Å²) in [5.41, 5.74) is 1.25. The molecule has 2 rings (SSSR count). The second-order valence-electron chi connectivity index (χ2n) is 4.16. The molecule has 110 valence electrons. The van der Waals surface area contributed by atoms with Crippen molar-refractivity contribution in [2.24, 2.45) is 0 Å². The number of carboxylic acid groups (broad SMARTS) is 1. The molecule has 4 nitrogen and oxygen atoms in total. The van der Waals surface area contributed by atoms with Crippen LogP contribution in [0.5, 0.6) is 5.75 Å². The van der Waals surface area contributed by atoms with Gasteiger partial charge in [0.25, 0.3) is 0 Å². The van der Waals surface area contributed by atoms with E-state index in [9.17, 15) is 23.1 Å². The summed E-state index contributed by atoms with van der Waals surface area (Å²) in [5.74, 6) is -1.63. The Morgan fingerprint density at radius 3 is 2.50 bits per heavy atom. The van der Waals surface area contributed by atoms with Gasteiger partial charge in [0.15, 0.2) is 0 Å². The molecule has 0 fully saturated rings. The van der Waals surface area contributed by atoms with Crippen molar-refractivity contribution in [3.63, 3.8) is 0 Å². The van der Waals surface area contributed by atoms with Crippen LogP contribution < -0.4 is 28.7 Å². The van der Waals surface area contributed by atoms with Gasteiger partial charge in [0.2, 0.25) is 0 Å². The van der Waals surface area contributed by atoms with E-state index in [-0.39, 0.29) is 36.7 Å². The quantitative estimate of drug-likeness (QED) is 0.676. The van der Waals surface area contributed by atoms with E-state index in [0.29, 0.717) is 11.1 Å². The molecule has 0 bridgehead atoms. The molecule has 0 saturated carbocycles. The number of nitrogens with zero attached hydrogens (tertiary/aromatic N) is 1. The molecule has 1 heterocycles. The van der Waals surface area contributed by atoms with Gasteiger partial charge in [-0.05, 0) is 35.4 Å². The maximum Gasteiger partial charge on any atom is 1.00 e. The minimum absolute atomic E-state index is 0. The van der Waals surface area contributed by atoms with Crippen LogP contribution in [-0.4, -0.2) is 17.3 Å². The summed E-state index contributed by atoms with van der Waals surface area (Å²) in [6.07, 6.45) is -3.76. The molecule has 0 aliphatic heterocycles. The Morgan fingerprint density at radius 2 is 1.86 bits per heavy atom. The molecule has 22 heavy (non-hydrogen) atoms. The topological polar surface area (TPSA) is 62.2 Å². The molecule has 0 N–H and O–H groups in total. The molecule has 2 aromatic rings. The number of carboxylic acids is 1. The number of alkyl halides is 3. The number of hydrogen-bond donors (Lipinski definition) is 0. The van der Waals surface area contributed by atoms with E-state index in [1.54, 1.807) is 12.1 Å². The molecule has 0 spiro atoms. The van der Waals surface area contributed by atoms with Crippen LogP contribution in [0.4, 0.5) is 13.2 Å². The van der Waals surface area contributed by atoms with Gasteiger partial charge in [0.05, 0.1) is 0 Å². The minimum Gasteiger partial charge on any atom is -0.550 e. The zero-order chi connectivity index (χ0) is 15.5. The first kappa shape index (κ1) is 18.1. The summed E-state index contributed by atoms with van der Waals surface area (Å²) in [6.45, 7) is 0. The van der Waals surface area contributed by atoms with E-state index < -0.39 is 12.3 Å². The van der Waals surface area contributed by atoms with Crippen molar-refractivity contribution in [2.45, 2.75) is 12.8 Å². The van der Waals surface area contributed by atoms with Crippen LogP contribution in [0.2, 0.25) is 0 Å². The van der Waals surface area contributed by atoms with Crippen LogP contribution in [0.15, 0.2) is 42.6 Å². The molecular weight excluding hydrogens is 294 g/mol. The number of rotatable bonds is 4. The first-order valence-corrected chi connectivity index (χ1v) is 5.84. The van der Waals surface area contributed by atoms with Crippen LogP contribution in [0.3, 0.4) is 0 Å². The molecule has 1 aromatic carbocycles. The molecule has 0 aliphatic carbocycles. The van der Waals surface area contributed by atoms with Crippen LogP contribution in [0.25, 0.3) is 11.1 Å². The summed E-state index contributed by atoms with van der Waals surface area (Å²) in [4.78, 5) is 14.4. The number of aliphatic carboxylic acids is 1. The number of carbonyl (C=O) groups is 1. The van der Waals surface area contributed by atoms with Crippen molar-refractivity contribution in [3.8, 4) is 16.9 Å². The average molecular weight is 303 g/mol. The maximum absolute atomic E-state index is 12.2. The maximum atomic E-state index is 12.2. The molecular formula is C14H9F3LiNO3. The van der Waals surface area contributed by atoms with Crippen LogP contribution >= 0.6 is 0 Å². The minimum atomic E-state index is -4.77. The molecule has 8 heteroatoms. The smallest absolute Gasteiger partial charge is 0.550 e. The third-order valence-corrected chi connectivity index (χ3v) is 2.54. The van der Waals surface area contributed by atoms with Gasteiger partial charge in [-0.25, -0.2) is 0 Å². The van der Waals surface area contributed by atoms with Crippen molar-refractivity contribution < 1.29 is 46.7 Å². The summed E-state index contributed by atoms with van der Waals surface area (Å²) < 4.78 is 40.4.